The van der Waals surface area contributed by atoms with Crippen LogP contribution in [0.4, 0.5) is 0 Å². The number of rotatable bonds is 0. The lowest BCUT2D eigenvalue weighted by Crippen LogP contribution is -1.85. The largest absolute Gasteiger partial charge is 0.243 e. The molecule has 68 valence electrons. The standard InChI is InChI=1S/C10H4BrClN2/c11-8-3-1-2-7-9(8)6(4-13)5-14-10(7)12/h1-3,5H. The predicted octanol–water partition coefficient (Wildman–Crippen LogP) is 3.52. The topological polar surface area (TPSA) is 36.7 Å². The molecule has 0 atom stereocenters. The number of nitrogens with zero attached hydrogens (tertiary/aromatic N) is 2. The van der Waals surface area contributed by atoms with Crippen LogP contribution in [0.3, 0.4) is 0 Å². The van der Waals surface area contributed by atoms with Crippen molar-refractivity contribution in [2.45, 2.75) is 0 Å². The highest BCUT2D eigenvalue weighted by Crippen LogP contribution is 2.30. The number of halogens is 2. The molecule has 2 rings (SSSR count). The summed E-state index contributed by atoms with van der Waals surface area (Å²) >= 11 is 9.30. The molecule has 0 saturated carbocycles. The van der Waals surface area contributed by atoms with Gasteiger partial charge >= 0.3 is 0 Å². The molecule has 2 aromatic rings. The number of hydrogen-bond donors (Lipinski definition) is 0. The van der Waals surface area contributed by atoms with Crippen molar-refractivity contribution >= 4 is 38.3 Å². The molecule has 0 aliphatic heterocycles. The molecule has 0 N–H and O–H groups in total. The molecule has 0 spiro atoms. The zero-order chi connectivity index (χ0) is 10.1. The smallest absolute Gasteiger partial charge is 0.136 e. The molecule has 2 nitrogen and oxygen atoms in total. The van der Waals surface area contributed by atoms with E-state index in [9.17, 15) is 0 Å². The SMILES string of the molecule is N#Cc1cnc(Cl)c2cccc(Br)c12. The number of pyridine rings is 1. The molecule has 1 aromatic carbocycles. The van der Waals surface area contributed by atoms with Crippen molar-refractivity contribution in [2.75, 3.05) is 0 Å². The maximum Gasteiger partial charge on any atom is 0.136 e. The second-order valence-corrected chi connectivity index (χ2v) is 3.95. The maximum absolute atomic E-state index is 8.90. The lowest BCUT2D eigenvalue weighted by Gasteiger charge is -2.03. The Bertz CT molecular complexity index is 546. The normalized spacial score (nSPS) is 10.1. The minimum absolute atomic E-state index is 0.417. The van der Waals surface area contributed by atoms with Crippen LogP contribution in [0.1, 0.15) is 5.56 Å². The van der Waals surface area contributed by atoms with Crippen LogP contribution in [-0.2, 0) is 0 Å². The quantitative estimate of drug-likeness (QED) is 0.685. The fraction of sp³-hybridized carbons (Fsp3) is 0. The van der Waals surface area contributed by atoms with E-state index in [0.717, 1.165) is 15.2 Å². The highest BCUT2D eigenvalue weighted by Gasteiger charge is 2.07. The molecule has 0 amide bonds. The van der Waals surface area contributed by atoms with Crippen molar-refractivity contribution in [1.29, 1.82) is 5.26 Å². The van der Waals surface area contributed by atoms with E-state index in [0.29, 0.717) is 10.7 Å². The number of aromatic nitrogens is 1. The zero-order valence-corrected chi connectivity index (χ0v) is 9.30. The van der Waals surface area contributed by atoms with E-state index in [1.807, 2.05) is 18.2 Å². The molecule has 1 aromatic heterocycles. The number of hydrogen-bond acceptors (Lipinski definition) is 2. The molecule has 0 saturated heterocycles. The Kier molecular flexibility index (Phi) is 2.40. The van der Waals surface area contributed by atoms with E-state index >= 15 is 0 Å². The molecule has 0 aliphatic rings. The highest BCUT2D eigenvalue weighted by atomic mass is 79.9. The Balaban J connectivity index is 3.01. The number of benzene rings is 1. The summed E-state index contributed by atoms with van der Waals surface area (Å²) in [5, 5.41) is 10.9. The molecular weight excluding hydrogens is 263 g/mol. The average molecular weight is 268 g/mol. The van der Waals surface area contributed by atoms with Crippen molar-refractivity contribution in [3.8, 4) is 6.07 Å². The summed E-state index contributed by atoms with van der Waals surface area (Å²) in [5.41, 5.74) is 0.525. The van der Waals surface area contributed by atoms with Crippen LogP contribution in [0.15, 0.2) is 28.9 Å². The summed E-state index contributed by atoms with van der Waals surface area (Å²) < 4.78 is 0.857. The Morgan fingerprint density at radius 2 is 2.21 bits per heavy atom. The van der Waals surface area contributed by atoms with Gasteiger partial charge in [0.15, 0.2) is 0 Å². The van der Waals surface area contributed by atoms with Crippen LogP contribution < -0.4 is 0 Å². The van der Waals surface area contributed by atoms with E-state index in [1.54, 1.807) is 0 Å². The summed E-state index contributed by atoms with van der Waals surface area (Å²) in [6.45, 7) is 0. The van der Waals surface area contributed by atoms with Gasteiger partial charge in [0.1, 0.15) is 11.2 Å². The van der Waals surface area contributed by atoms with Crippen molar-refractivity contribution in [1.82, 2.24) is 4.98 Å². The fourth-order valence-corrected chi connectivity index (χ4v) is 2.10. The van der Waals surface area contributed by atoms with Crippen molar-refractivity contribution in [2.24, 2.45) is 0 Å². The summed E-state index contributed by atoms with van der Waals surface area (Å²) in [6, 6.07) is 7.67. The van der Waals surface area contributed by atoms with Crippen molar-refractivity contribution in [3.63, 3.8) is 0 Å². The van der Waals surface area contributed by atoms with Gasteiger partial charge < -0.3 is 0 Å². The maximum atomic E-state index is 8.90. The van der Waals surface area contributed by atoms with Gasteiger partial charge in [-0.2, -0.15) is 5.26 Å². The molecular formula is C10H4BrClN2. The monoisotopic (exact) mass is 266 g/mol. The Morgan fingerprint density at radius 1 is 1.43 bits per heavy atom. The number of fused-ring (bicyclic) bond motifs is 1. The van der Waals surface area contributed by atoms with Gasteiger partial charge in [-0.3, -0.25) is 0 Å². The Labute approximate surface area is 94.3 Å². The molecule has 0 fully saturated rings. The number of nitriles is 1. The van der Waals surface area contributed by atoms with E-state index in [2.05, 4.69) is 27.0 Å². The summed E-state index contributed by atoms with van der Waals surface area (Å²) in [6.07, 6.45) is 1.48. The van der Waals surface area contributed by atoms with Gasteiger partial charge in [0, 0.05) is 21.4 Å². The van der Waals surface area contributed by atoms with Crippen molar-refractivity contribution in [3.05, 3.63) is 39.6 Å². The van der Waals surface area contributed by atoms with Gasteiger partial charge in [-0.05, 0) is 6.07 Å². The van der Waals surface area contributed by atoms with Crippen LogP contribution >= 0.6 is 27.5 Å². The minimum Gasteiger partial charge on any atom is -0.243 e. The first kappa shape index (κ1) is 9.45. The summed E-state index contributed by atoms with van der Waals surface area (Å²) in [4.78, 5) is 3.94. The molecule has 1 heterocycles. The van der Waals surface area contributed by atoms with Crippen LogP contribution in [0.25, 0.3) is 10.8 Å². The summed E-state index contributed by atoms with van der Waals surface area (Å²) in [7, 11) is 0. The fourth-order valence-electron chi connectivity index (χ4n) is 1.31. The van der Waals surface area contributed by atoms with E-state index in [-0.39, 0.29) is 0 Å². The Hall–Kier alpha value is -1.11. The second kappa shape index (κ2) is 3.56. The molecule has 0 unspecified atom stereocenters. The van der Waals surface area contributed by atoms with Gasteiger partial charge in [0.2, 0.25) is 0 Å². The van der Waals surface area contributed by atoms with Crippen LogP contribution in [0.2, 0.25) is 5.15 Å². The lowest BCUT2D eigenvalue weighted by atomic mass is 10.1. The average Bonchev–Trinajstić information content (AvgIpc) is 2.20. The Morgan fingerprint density at radius 3 is 2.93 bits per heavy atom. The predicted molar refractivity (Wildman–Crippen MR) is 59.2 cm³/mol. The molecule has 0 radical (unpaired) electrons. The van der Waals surface area contributed by atoms with Gasteiger partial charge in [0.25, 0.3) is 0 Å². The van der Waals surface area contributed by atoms with E-state index < -0.39 is 0 Å². The summed E-state index contributed by atoms with van der Waals surface area (Å²) in [5.74, 6) is 0. The lowest BCUT2D eigenvalue weighted by molar-refractivity contribution is 1.33. The van der Waals surface area contributed by atoms with Gasteiger partial charge in [-0.1, -0.05) is 39.7 Å². The third-order valence-electron chi connectivity index (χ3n) is 1.93. The van der Waals surface area contributed by atoms with Crippen LogP contribution in [-0.4, -0.2) is 4.98 Å². The minimum atomic E-state index is 0.417. The first-order chi connectivity index (χ1) is 6.74. The third-order valence-corrected chi connectivity index (χ3v) is 2.89. The van der Waals surface area contributed by atoms with Crippen LogP contribution in [0.5, 0.6) is 0 Å². The first-order valence-electron chi connectivity index (χ1n) is 3.87. The molecule has 14 heavy (non-hydrogen) atoms. The molecule has 0 aliphatic carbocycles. The second-order valence-electron chi connectivity index (χ2n) is 2.74. The molecule has 4 heteroatoms. The van der Waals surface area contributed by atoms with Gasteiger partial charge in [0.05, 0.1) is 5.56 Å². The van der Waals surface area contributed by atoms with E-state index in [4.69, 9.17) is 16.9 Å². The first-order valence-corrected chi connectivity index (χ1v) is 5.04. The van der Waals surface area contributed by atoms with E-state index in [1.165, 1.54) is 6.20 Å². The van der Waals surface area contributed by atoms with Gasteiger partial charge in [-0.15, -0.1) is 0 Å². The third kappa shape index (κ3) is 1.37. The highest BCUT2D eigenvalue weighted by molar-refractivity contribution is 9.10. The zero-order valence-electron chi connectivity index (χ0n) is 6.96. The van der Waals surface area contributed by atoms with Gasteiger partial charge in [-0.25, -0.2) is 4.98 Å². The van der Waals surface area contributed by atoms with Crippen LogP contribution in [0, 0.1) is 11.3 Å². The molecule has 0 bridgehead atoms. The van der Waals surface area contributed by atoms with Crippen molar-refractivity contribution < 1.29 is 0 Å².